The lowest BCUT2D eigenvalue weighted by Gasteiger charge is -2.08. The Morgan fingerprint density at radius 1 is 0.968 bits per heavy atom. The van der Waals surface area contributed by atoms with Gasteiger partial charge in [-0.1, -0.05) is 42.0 Å². The zero-order valence-corrected chi connectivity index (χ0v) is 17.6. The van der Waals surface area contributed by atoms with Crippen LogP contribution in [0.25, 0.3) is 33.2 Å². The van der Waals surface area contributed by atoms with Crippen LogP contribution in [0.15, 0.2) is 59.7 Å². The van der Waals surface area contributed by atoms with Crippen molar-refractivity contribution in [3.8, 4) is 0 Å². The maximum Gasteiger partial charge on any atom is 0.265 e. The number of rotatable bonds is 6. The summed E-state index contributed by atoms with van der Waals surface area (Å²) in [6, 6.07) is 15.9. The van der Waals surface area contributed by atoms with Gasteiger partial charge in [-0.3, -0.25) is 9.36 Å². The largest absolute Gasteiger partial charge is 0.385 e. The second kappa shape index (κ2) is 7.92. The van der Waals surface area contributed by atoms with Crippen molar-refractivity contribution in [1.29, 1.82) is 0 Å². The fourth-order valence-electron chi connectivity index (χ4n) is 3.92. The van der Waals surface area contributed by atoms with E-state index in [1.54, 1.807) is 18.0 Å². The summed E-state index contributed by atoms with van der Waals surface area (Å²) in [7, 11) is 1.68. The van der Waals surface area contributed by atoms with Gasteiger partial charge in [-0.15, -0.1) is 0 Å². The van der Waals surface area contributed by atoms with Gasteiger partial charge in [0.15, 0.2) is 11.3 Å². The number of para-hydroxylation sites is 2. The third-order valence-corrected chi connectivity index (χ3v) is 5.52. The van der Waals surface area contributed by atoms with Gasteiger partial charge in [0.1, 0.15) is 17.2 Å². The van der Waals surface area contributed by atoms with E-state index in [2.05, 4.69) is 4.98 Å². The van der Waals surface area contributed by atoms with Gasteiger partial charge in [0, 0.05) is 20.3 Å². The van der Waals surface area contributed by atoms with E-state index in [1.165, 1.54) is 5.56 Å². The molecule has 0 atom stereocenters. The Bertz CT molecular complexity index is 1450. The van der Waals surface area contributed by atoms with E-state index in [9.17, 15) is 4.79 Å². The molecule has 0 spiro atoms. The average molecular weight is 413 g/mol. The minimum Gasteiger partial charge on any atom is -0.385 e. The monoisotopic (exact) mass is 413 g/mol. The maximum absolute atomic E-state index is 13.5. The predicted octanol–water partition coefficient (Wildman–Crippen LogP) is 3.69. The van der Waals surface area contributed by atoms with Crippen LogP contribution in [0.4, 0.5) is 0 Å². The third-order valence-electron chi connectivity index (χ3n) is 5.52. The van der Waals surface area contributed by atoms with Crippen LogP contribution in [-0.2, 0) is 17.8 Å². The van der Waals surface area contributed by atoms with E-state index >= 15 is 0 Å². The van der Waals surface area contributed by atoms with Gasteiger partial charge < -0.3 is 9.30 Å². The van der Waals surface area contributed by atoms with E-state index in [0.717, 1.165) is 23.0 Å². The van der Waals surface area contributed by atoms with Crippen molar-refractivity contribution in [1.82, 2.24) is 24.1 Å². The first-order valence-electron chi connectivity index (χ1n) is 10.3. The fourth-order valence-corrected chi connectivity index (χ4v) is 3.92. The van der Waals surface area contributed by atoms with E-state index in [0.29, 0.717) is 41.9 Å². The summed E-state index contributed by atoms with van der Waals surface area (Å²) in [6.45, 7) is 3.77. The first-order valence-corrected chi connectivity index (χ1v) is 10.3. The summed E-state index contributed by atoms with van der Waals surface area (Å²) < 4.78 is 8.84. The molecule has 31 heavy (non-hydrogen) atoms. The highest BCUT2D eigenvalue weighted by molar-refractivity contribution is 6.04. The van der Waals surface area contributed by atoms with Crippen molar-refractivity contribution >= 4 is 33.2 Å². The van der Waals surface area contributed by atoms with Crippen LogP contribution in [0.2, 0.25) is 0 Å². The second-order valence-electron chi connectivity index (χ2n) is 7.74. The number of aryl methyl sites for hydroxylation is 2. The predicted molar refractivity (Wildman–Crippen MR) is 121 cm³/mol. The number of methoxy groups -OCH3 is 1. The topological polar surface area (TPSA) is 74.8 Å². The second-order valence-corrected chi connectivity index (χ2v) is 7.74. The summed E-state index contributed by atoms with van der Waals surface area (Å²) in [6.07, 6.45) is 2.41. The Kier molecular flexibility index (Phi) is 4.95. The molecule has 3 aromatic heterocycles. The molecule has 5 rings (SSSR count). The first-order chi connectivity index (χ1) is 15.2. The molecule has 0 aliphatic heterocycles. The van der Waals surface area contributed by atoms with Gasteiger partial charge in [0.25, 0.3) is 5.56 Å². The molecule has 0 fully saturated rings. The Balaban J connectivity index is 1.73. The molecule has 156 valence electrons. The van der Waals surface area contributed by atoms with Gasteiger partial charge in [-0.2, -0.15) is 0 Å². The number of hydrogen-bond acceptors (Lipinski definition) is 5. The lowest BCUT2D eigenvalue weighted by atomic mass is 10.1. The molecule has 0 aliphatic carbocycles. The summed E-state index contributed by atoms with van der Waals surface area (Å²) in [5.41, 5.74) is 5.59. The minimum absolute atomic E-state index is 0.106. The smallest absolute Gasteiger partial charge is 0.265 e. The number of aromatic nitrogens is 5. The SMILES string of the molecule is COCCCn1c2nc3ccccc3nc2c2c(=O)n(Cc3ccc(C)cc3)cnc21. The van der Waals surface area contributed by atoms with Crippen LogP contribution < -0.4 is 5.56 Å². The van der Waals surface area contributed by atoms with Crippen molar-refractivity contribution in [3.63, 3.8) is 0 Å². The Morgan fingerprint density at radius 3 is 2.45 bits per heavy atom. The third kappa shape index (κ3) is 3.47. The Morgan fingerprint density at radius 2 is 1.71 bits per heavy atom. The van der Waals surface area contributed by atoms with Crippen LogP contribution in [0.5, 0.6) is 0 Å². The number of hydrogen-bond donors (Lipinski definition) is 0. The van der Waals surface area contributed by atoms with Gasteiger partial charge in [-0.05, 0) is 31.0 Å². The lowest BCUT2D eigenvalue weighted by molar-refractivity contribution is 0.191. The summed E-state index contributed by atoms with van der Waals surface area (Å²) in [4.78, 5) is 27.8. The van der Waals surface area contributed by atoms with Crippen molar-refractivity contribution in [2.75, 3.05) is 13.7 Å². The molecule has 0 radical (unpaired) electrons. The molecule has 0 saturated heterocycles. The molecule has 0 amide bonds. The number of benzene rings is 2. The van der Waals surface area contributed by atoms with E-state index < -0.39 is 0 Å². The molecule has 0 bridgehead atoms. The summed E-state index contributed by atoms with van der Waals surface area (Å²) in [5, 5.41) is 0.514. The zero-order chi connectivity index (χ0) is 21.4. The van der Waals surface area contributed by atoms with Crippen LogP contribution in [0.3, 0.4) is 0 Å². The highest BCUT2D eigenvalue weighted by Gasteiger charge is 2.19. The Hall–Kier alpha value is -3.58. The molecular formula is C24H23N5O2. The highest BCUT2D eigenvalue weighted by Crippen LogP contribution is 2.25. The van der Waals surface area contributed by atoms with E-state index in [-0.39, 0.29) is 5.56 Å². The molecule has 0 unspecified atom stereocenters. The van der Waals surface area contributed by atoms with Gasteiger partial charge >= 0.3 is 0 Å². The van der Waals surface area contributed by atoms with Crippen molar-refractivity contribution < 1.29 is 4.74 Å². The fraction of sp³-hybridized carbons (Fsp3) is 0.250. The van der Waals surface area contributed by atoms with Gasteiger partial charge in [0.05, 0.1) is 17.6 Å². The maximum atomic E-state index is 13.5. The van der Waals surface area contributed by atoms with Gasteiger partial charge in [-0.25, -0.2) is 15.0 Å². The molecular weight excluding hydrogens is 390 g/mol. The summed E-state index contributed by atoms with van der Waals surface area (Å²) in [5.74, 6) is 0. The standard InChI is InChI=1S/C24H23N5O2/c1-16-8-10-17(11-9-16)14-28-15-25-22-20(24(28)30)21-23(29(22)12-5-13-31-2)27-19-7-4-3-6-18(19)26-21/h3-4,6-11,15H,5,12-14H2,1-2H3. The molecule has 0 N–H and O–H groups in total. The van der Waals surface area contributed by atoms with Crippen molar-refractivity contribution in [3.05, 3.63) is 76.3 Å². The quantitative estimate of drug-likeness (QED) is 0.397. The number of fused-ring (bicyclic) bond motifs is 4. The number of ether oxygens (including phenoxy) is 1. The lowest BCUT2D eigenvalue weighted by Crippen LogP contribution is -2.21. The molecule has 0 saturated carbocycles. The molecule has 5 aromatic rings. The molecule has 0 aliphatic rings. The van der Waals surface area contributed by atoms with E-state index in [4.69, 9.17) is 14.7 Å². The highest BCUT2D eigenvalue weighted by atomic mass is 16.5. The molecule has 7 heteroatoms. The molecule has 7 nitrogen and oxygen atoms in total. The van der Waals surface area contributed by atoms with Gasteiger partial charge in [0.2, 0.25) is 0 Å². The van der Waals surface area contributed by atoms with Crippen LogP contribution >= 0.6 is 0 Å². The normalized spacial score (nSPS) is 11.7. The van der Waals surface area contributed by atoms with Crippen molar-refractivity contribution in [2.45, 2.75) is 26.4 Å². The molecule has 3 heterocycles. The van der Waals surface area contributed by atoms with E-state index in [1.807, 2.05) is 60.0 Å². The Labute approximate surface area is 179 Å². The summed E-state index contributed by atoms with van der Waals surface area (Å²) >= 11 is 0. The van der Waals surface area contributed by atoms with Crippen molar-refractivity contribution in [2.24, 2.45) is 0 Å². The average Bonchev–Trinajstić information content (AvgIpc) is 3.09. The zero-order valence-electron chi connectivity index (χ0n) is 17.6. The van der Waals surface area contributed by atoms with Crippen LogP contribution in [0, 0.1) is 6.92 Å². The number of nitrogens with zero attached hydrogens (tertiary/aromatic N) is 5. The van der Waals surface area contributed by atoms with Crippen LogP contribution in [-0.4, -0.2) is 37.8 Å². The van der Waals surface area contributed by atoms with Crippen LogP contribution in [0.1, 0.15) is 17.5 Å². The minimum atomic E-state index is -0.106. The first kappa shape index (κ1) is 19.4. The molecule has 2 aromatic carbocycles.